The summed E-state index contributed by atoms with van der Waals surface area (Å²) in [5.74, 6) is -0.582. The third-order valence-corrected chi connectivity index (χ3v) is 6.98. The molecule has 0 spiro atoms. The van der Waals surface area contributed by atoms with Gasteiger partial charge in [-0.05, 0) is 85.8 Å². The van der Waals surface area contributed by atoms with Gasteiger partial charge in [-0.25, -0.2) is 8.78 Å². The summed E-state index contributed by atoms with van der Waals surface area (Å²) in [7, 11) is 0. The molecule has 4 unspecified atom stereocenters. The molecule has 156 valence electrons. The van der Waals surface area contributed by atoms with Gasteiger partial charge in [-0.1, -0.05) is 31.6 Å². The van der Waals surface area contributed by atoms with E-state index in [0.29, 0.717) is 11.3 Å². The van der Waals surface area contributed by atoms with Gasteiger partial charge in [-0.2, -0.15) is 4.39 Å². The first-order valence-corrected chi connectivity index (χ1v) is 10.8. The van der Waals surface area contributed by atoms with Crippen LogP contribution in [0, 0.1) is 35.2 Å². The summed E-state index contributed by atoms with van der Waals surface area (Å²) in [6.45, 7) is 4.30. The van der Waals surface area contributed by atoms with Crippen molar-refractivity contribution in [2.75, 3.05) is 6.61 Å². The van der Waals surface area contributed by atoms with Crippen molar-refractivity contribution in [3.05, 3.63) is 53.4 Å². The average Bonchev–Trinajstić information content (AvgIpc) is 2.70. The Labute approximate surface area is 170 Å². The van der Waals surface area contributed by atoms with Gasteiger partial charge in [0.2, 0.25) is 5.82 Å². The van der Waals surface area contributed by atoms with Crippen LogP contribution in [0.1, 0.15) is 63.9 Å². The number of hydrogen-bond acceptors (Lipinski definition) is 1. The molecule has 0 N–H and O–H groups in total. The fraction of sp³-hybridized carbons (Fsp3) is 0.520. The smallest absolute Gasteiger partial charge is 0.201 e. The molecule has 4 rings (SSSR count). The normalized spacial score (nSPS) is 27.3. The second kappa shape index (κ2) is 8.41. The van der Waals surface area contributed by atoms with Gasteiger partial charge in [0.25, 0.3) is 0 Å². The van der Waals surface area contributed by atoms with E-state index in [1.54, 1.807) is 12.2 Å². The molecule has 2 fully saturated rings. The zero-order chi connectivity index (χ0) is 20.5. The number of halogens is 3. The predicted molar refractivity (Wildman–Crippen MR) is 111 cm³/mol. The molecule has 0 heterocycles. The van der Waals surface area contributed by atoms with Crippen LogP contribution in [0.5, 0.6) is 5.75 Å². The quantitative estimate of drug-likeness (QED) is 0.480. The van der Waals surface area contributed by atoms with Crippen LogP contribution in [0.3, 0.4) is 0 Å². The highest BCUT2D eigenvalue weighted by molar-refractivity contribution is 5.86. The standard InChI is InChI=1S/C25H29F3O/c1-3-4-9-29-22-14-20-12-19(13-21(26)23(20)25(28)24(22)27)18-8-7-16-10-15(2)5-6-17(16)11-18/h3-4,12-18H,5-11H2,1-2H3. The topological polar surface area (TPSA) is 9.23 Å². The van der Waals surface area contributed by atoms with Gasteiger partial charge in [0.05, 0.1) is 5.39 Å². The second-order valence-corrected chi connectivity index (χ2v) is 8.93. The maximum absolute atomic E-state index is 14.8. The van der Waals surface area contributed by atoms with Crippen molar-refractivity contribution in [2.45, 2.75) is 58.3 Å². The number of ether oxygens (including phenoxy) is 1. The predicted octanol–water partition coefficient (Wildman–Crippen LogP) is 7.53. The largest absolute Gasteiger partial charge is 0.486 e. The van der Waals surface area contributed by atoms with Crippen molar-refractivity contribution >= 4 is 10.8 Å². The molecule has 2 aliphatic carbocycles. The van der Waals surface area contributed by atoms with Gasteiger partial charge < -0.3 is 4.74 Å². The zero-order valence-electron chi connectivity index (χ0n) is 17.2. The zero-order valence-corrected chi connectivity index (χ0v) is 17.2. The highest BCUT2D eigenvalue weighted by Crippen LogP contribution is 2.48. The average molecular weight is 403 g/mol. The number of hydrogen-bond donors (Lipinski definition) is 0. The Balaban J connectivity index is 1.65. The molecule has 0 bridgehead atoms. The number of fused-ring (bicyclic) bond motifs is 2. The van der Waals surface area contributed by atoms with E-state index in [-0.39, 0.29) is 23.7 Å². The van der Waals surface area contributed by atoms with Crippen LogP contribution >= 0.6 is 0 Å². The van der Waals surface area contributed by atoms with Gasteiger partial charge >= 0.3 is 0 Å². The molecule has 4 atom stereocenters. The third kappa shape index (κ3) is 4.04. The first-order chi connectivity index (χ1) is 14.0. The highest BCUT2D eigenvalue weighted by Gasteiger charge is 2.35. The van der Waals surface area contributed by atoms with E-state index in [1.165, 1.54) is 37.8 Å². The SMILES string of the molecule is CC=CCOc1cc2cc(C3CCC4CC(C)CCC4C3)cc(F)c2c(F)c1F. The minimum Gasteiger partial charge on any atom is -0.486 e. The molecule has 2 aromatic rings. The first kappa shape index (κ1) is 20.3. The van der Waals surface area contributed by atoms with Crippen LogP contribution in [0.2, 0.25) is 0 Å². The number of benzene rings is 2. The van der Waals surface area contributed by atoms with Crippen molar-refractivity contribution in [3.8, 4) is 5.75 Å². The molecule has 29 heavy (non-hydrogen) atoms. The first-order valence-electron chi connectivity index (χ1n) is 10.8. The van der Waals surface area contributed by atoms with Crippen LogP contribution in [0.25, 0.3) is 10.8 Å². The number of allylic oxidation sites excluding steroid dienone is 1. The summed E-state index contributed by atoms with van der Waals surface area (Å²) in [5, 5.41) is 0.0820. The van der Waals surface area contributed by atoms with Crippen LogP contribution < -0.4 is 4.74 Å². The van der Waals surface area contributed by atoms with E-state index in [0.717, 1.165) is 30.2 Å². The van der Waals surface area contributed by atoms with Crippen LogP contribution in [-0.4, -0.2) is 6.61 Å². The van der Waals surface area contributed by atoms with Crippen molar-refractivity contribution in [2.24, 2.45) is 17.8 Å². The van der Waals surface area contributed by atoms with E-state index in [2.05, 4.69) is 6.92 Å². The molecule has 1 nitrogen and oxygen atoms in total. The molecule has 0 amide bonds. The summed E-state index contributed by atoms with van der Waals surface area (Å²) in [4.78, 5) is 0. The molecular weight excluding hydrogens is 373 g/mol. The minimum absolute atomic E-state index is 0.144. The van der Waals surface area contributed by atoms with E-state index in [4.69, 9.17) is 4.74 Å². The van der Waals surface area contributed by atoms with E-state index < -0.39 is 17.5 Å². The Morgan fingerprint density at radius 3 is 2.52 bits per heavy atom. The van der Waals surface area contributed by atoms with Crippen molar-refractivity contribution in [3.63, 3.8) is 0 Å². The Morgan fingerprint density at radius 2 is 1.72 bits per heavy atom. The van der Waals surface area contributed by atoms with Crippen LogP contribution in [0.4, 0.5) is 13.2 Å². The van der Waals surface area contributed by atoms with Gasteiger partial charge in [0.15, 0.2) is 11.6 Å². The molecule has 0 aliphatic heterocycles. The van der Waals surface area contributed by atoms with Gasteiger partial charge in [-0.3, -0.25) is 0 Å². The maximum Gasteiger partial charge on any atom is 0.201 e. The molecule has 0 aromatic heterocycles. The molecule has 0 radical (unpaired) electrons. The molecule has 2 saturated carbocycles. The van der Waals surface area contributed by atoms with Crippen molar-refractivity contribution in [1.82, 2.24) is 0 Å². The Kier molecular flexibility index (Phi) is 5.89. The lowest BCUT2D eigenvalue weighted by Crippen LogP contribution is -2.29. The van der Waals surface area contributed by atoms with Crippen molar-refractivity contribution in [1.29, 1.82) is 0 Å². The van der Waals surface area contributed by atoms with Crippen LogP contribution in [0.15, 0.2) is 30.4 Å². The summed E-state index contributed by atoms with van der Waals surface area (Å²) in [5.41, 5.74) is 0.900. The molecular formula is C25H29F3O. The highest BCUT2D eigenvalue weighted by atomic mass is 19.2. The lowest BCUT2D eigenvalue weighted by atomic mass is 9.64. The fourth-order valence-electron chi connectivity index (χ4n) is 5.42. The van der Waals surface area contributed by atoms with Gasteiger partial charge in [0, 0.05) is 0 Å². The molecule has 0 saturated heterocycles. The molecule has 2 aromatic carbocycles. The maximum atomic E-state index is 14.8. The van der Waals surface area contributed by atoms with E-state index in [1.807, 2.05) is 13.0 Å². The van der Waals surface area contributed by atoms with E-state index in [9.17, 15) is 13.2 Å². The molecule has 2 aliphatic rings. The summed E-state index contributed by atoms with van der Waals surface area (Å²) in [6, 6.07) is 4.68. The lowest BCUT2D eigenvalue weighted by molar-refractivity contribution is 0.124. The molecule has 4 heteroatoms. The van der Waals surface area contributed by atoms with Crippen LogP contribution in [-0.2, 0) is 0 Å². The number of rotatable bonds is 4. The summed E-state index contributed by atoms with van der Waals surface area (Å²) >= 11 is 0. The minimum atomic E-state index is -1.17. The summed E-state index contributed by atoms with van der Waals surface area (Å²) in [6.07, 6.45) is 10.6. The lowest BCUT2D eigenvalue weighted by Gasteiger charge is -2.41. The van der Waals surface area contributed by atoms with Gasteiger partial charge in [0.1, 0.15) is 12.4 Å². The fourth-order valence-corrected chi connectivity index (χ4v) is 5.42. The Morgan fingerprint density at radius 1 is 0.966 bits per heavy atom. The Hall–Kier alpha value is -1.97. The third-order valence-electron chi connectivity index (χ3n) is 6.98. The second-order valence-electron chi connectivity index (χ2n) is 8.93. The Bertz CT molecular complexity index is 920. The van der Waals surface area contributed by atoms with Crippen molar-refractivity contribution < 1.29 is 17.9 Å². The van der Waals surface area contributed by atoms with Gasteiger partial charge in [-0.15, -0.1) is 0 Å². The monoisotopic (exact) mass is 402 g/mol. The summed E-state index contributed by atoms with van der Waals surface area (Å²) < 4.78 is 49.0. The van der Waals surface area contributed by atoms with E-state index >= 15 is 0 Å².